The van der Waals surface area contributed by atoms with Crippen molar-refractivity contribution in [3.8, 4) is 0 Å². The van der Waals surface area contributed by atoms with Crippen molar-refractivity contribution < 1.29 is 4.79 Å². The number of rotatable bonds is 3. The predicted octanol–water partition coefficient (Wildman–Crippen LogP) is 3.82. The lowest BCUT2D eigenvalue weighted by molar-refractivity contribution is -0.137. The van der Waals surface area contributed by atoms with Crippen LogP contribution in [0.1, 0.15) is 37.8 Å². The Bertz CT molecular complexity index is 532. The van der Waals surface area contributed by atoms with E-state index >= 15 is 0 Å². The van der Waals surface area contributed by atoms with Crippen molar-refractivity contribution in [2.75, 3.05) is 6.54 Å². The summed E-state index contributed by atoms with van der Waals surface area (Å²) in [5.41, 5.74) is 7.46. The summed E-state index contributed by atoms with van der Waals surface area (Å²) in [6.45, 7) is 5.03. The average molecular weight is 352 g/mol. The van der Waals surface area contributed by atoms with Gasteiger partial charge in [0.05, 0.1) is 5.54 Å². The third-order valence-electron chi connectivity index (χ3n) is 3.79. The molecule has 0 saturated heterocycles. The van der Waals surface area contributed by atoms with Crippen molar-refractivity contribution in [2.45, 2.75) is 45.2 Å². The van der Waals surface area contributed by atoms with E-state index in [-0.39, 0.29) is 18.3 Å². The normalized spacial score (nSPS) is 16.7. The fourth-order valence-corrected chi connectivity index (χ4v) is 3.40. The third-order valence-corrected chi connectivity index (χ3v) is 4.35. The summed E-state index contributed by atoms with van der Waals surface area (Å²) in [7, 11) is 0. The number of fused-ring (bicyclic) bond motifs is 1. The standard InChI is InChI=1S/C15H20Cl2N2O.ClH/c1-3-5-15(2,18)14(20)19-6-4-12-10(9-19)7-11(16)8-13(12)17;/h7-8H,3-6,9,18H2,1-2H3;1H. The van der Waals surface area contributed by atoms with E-state index in [0.29, 0.717) is 29.6 Å². The number of carbonyl (C=O) groups is 1. The van der Waals surface area contributed by atoms with Crippen LogP contribution in [0.15, 0.2) is 12.1 Å². The molecule has 3 nitrogen and oxygen atoms in total. The van der Waals surface area contributed by atoms with E-state index in [1.807, 2.05) is 17.9 Å². The van der Waals surface area contributed by atoms with Crippen molar-refractivity contribution in [1.82, 2.24) is 4.90 Å². The number of carbonyl (C=O) groups excluding carboxylic acids is 1. The van der Waals surface area contributed by atoms with E-state index in [1.165, 1.54) is 0 Å². The number of hydrogen-bond acceptors (Lipinski definition) is 2. The van der Waals surface area contributed by atoms with Gasteiger partial charge in [0.1, 0.15) is 0 Å². The lowest BCUT2D eigenvalue weighted by atomic mass is 9.93. The molecule has 1 amide bonds. The molecule has 118 valence electrons. The SMILES string of the molecule is CCCC(C)(N)C(=O)N1CCc2c(Cl)cc(Cl)cc2C1.Cl. The van der Waals surface area contributed by atoms with E-state index in [1.54, 1.807) is 13.0 Å². The van der Waals surface area contributed by atoms with Crippen LogP contribution >= 0.6 is 35.6 Å². The molecule has 0 bridgehead atoms. The lowest BCUT2D eigenvalue weighted by Gasteiger charge is -2.35. The maximum absolute atomic E-state index is 12.5. The molecule has 1 aliphatic heterocycles. The fraction of sp³-hybridized carbons (Fsp3) is 0.533. The molecule has 0 radical (unpaired) electrons. The molecule has 0 aliphatic carbocycles. The highest BCUT2D eigenvalue weighted by Gasteiger charge is 2.33. The molecule has 6 heteroatoms. The van der Waals surface area contributed by atoms with E-state index in [2.05, 4.69) is 0 Å². The summed E-state index contributed by atoms with van der Waals surface area (Å²) in [5.74, 6) is 0.00102. The highest BCUT2D eigenvalue weighted by molar-refractivity contribution is 6.35. The van der Waals surface area contributed by atoms with Gasteiger partial charge >= 0.3 is 0 Å². The van der Waals surface area contributed by atoms with Crippen molar-refractivity contribution in [2.24, 2.45) is 5.73 Å². The van der Waals surface area contributed by atoms with Gasteiger partial charge in [-0.3, -0.25) is 4.79 Å². The van der Waals surface area contributed by atoms with Gasteiger partial charge in [-0.15, -0.1) is 12.4 Å². The highest BCUT2D eigenvalue weighted by Crippen LogP contribution is 2.30. The Balaban J connectivity index is 0.00000220. The van der Waals surface area contributed by atoms with Gasteiger partial charge in [-0.05, 0) is 43.0 Å². The summed E-state index contributed by atoms with van der Waals surface area (Å²) < 4.78 is 0. The number of halogens is 3. The van der Waals surface area contributed by atoms with Gasteiger partial charge in [0.25, 0.3) is 0 Å². The smallest absolute Gasteiger partial charge is 0.242 e. The summed E-state index contributed by atoms with van der Waals surface area (Å²) in [6, 6.07) is 3.64. The summed E-state index contributed by atoms with van der Waals surface area (Å²) >= 11 is 12.2. The van der Waals surface area contributed by atoms with Crippen LogP contribution in [0.3, 0.4) is 0 Å². The molecule has 2 rings (SSSR count). The zero-order valence-electron chi connectivity index (χ0n) is 12.3. The number of benzene rings is 1. The molecular formula is C15H21Cl3N2O. The molecule has 1 aromatic carbocycles. The Morgan fingerprint density at radius 3 is 2.71 bits per heavy atom. The molecule has 1 heterocycles. The minimum atomic E-state index is -0.797. The van der Waals surface area contributed by atoms with Crippen LogP contribution in [0.25, 0.3) is 0 Å². The topological polar surface area (TPSA) is 46.3 Å². The monoisotopic (exact) mass is 350 g/mol. The Hall–Kier alpha value is -0.480. The first-order valence-corrected chi connectivity index (χ1v) is 7.66. The Labute approximate surface area is 142 Å². The second-order valence-corrected chi connectivity index (χ2v) is 6.51. The van der Waals surface area contributed by atoms with Crippen molar-refractivity contribution in [3.05, 3.63) is 33.3 Å². The van der Waals surface area contributed by atoms with Gasteiger partial charge in [-0.1, -0.05) is 36.5 Å². The first-order chi connectivity index (χ1) is 9.35. The number of nitrogens with zero attached hydrogens (tertiary/aromatic N) is 1. The molecule has 21 heavy (non-hydrogen) atoms. The van der Waals surface area contributed by atoms with Crippen LogP contribution in [0, 0.1) is 0 Å². The van der Waals surface area contributed by atoms with Gasteiger partial charge in [-0.2, -0.15) is 0 Å². The highest BCUT2D eigenvalue weighted by atomic mass is 35.5. The summed E-state index contributed by atoms with van der Waals surface area (Å²) in [6.07, 6.45) is 2.32. The van der Waals surface area contributed by atoms with Gasteiger partial charge in [0.2, 0.25) is 5.91 Å². The first-order valence-electron chi connectivity index (χ1n) is 6.90. The molecule has 0 aromatic heterocycles. The minimum absolute atomic E-state index is 0. The third kappa shape index (κ3) is 4.04. The molecular weight excluding hydrogens is 331 g/mol. The van der Waals surface area contributed by atoms with Crippen LogP contribution < -0.4 is 5.73 Å². The van der Waals surface area contributed by atoms with Crippen LogP contribution in [0.2, 0.25) is 10.0 Å². The zero-order chi connectivity index (χ0) is 14.9. The van der Waals surface area contributed by atoms with E-state index in [0.717, 1.165) is 24.0 Å². The van der Waals surface area contributed by atoms with Gasteiger partial charge in [0.15, 0.2) is 0 Å². The van der Waals surface area contributed by atoms with E-state index < -0.39 is 5.54 Å². The summed E-state index contributed by atoms with van der Waals surface area (Å²) in [5, 5.41) is 1.29. The van der Waals surface area contributed by atoms with Gasteiger partial charge < -0.3 is 10.6 Å². The van der Waals surface area contributed by atoms with Crippen molar-refractivity contribution >= 4 is 41.5 Å². The number of hydrogen-bond donors (Lipinski definition) is 1. The number of amides is 1. The molecule has 2 N–H and O–H groups in total. The van der Waals surface area contributed by atoms with Crippen LogP contribution in [-0.4, -0.2) is 22.9 Å². The van der Waals surface area contributed by atoms with Gasteiger partial charge in [-0.25, -0.2) is 0 Å². The lowest BCUT2D eigenvalue weighted by Crippen LogP contribution is -2.54. The fourth-order valence-electron chi connectivity index (χ4n) is 2.77. The molecule has 0 fully saturated rings. The second-order valence-electron chi connectivity index (χ2n) is 5.67. The van der Waals surface area contributed by atoms with Crippen molar-refractivity contribution in [3.63, 3.8) is 0 Å². The molecule has 1 unspecified atom stereocenters. The molecule has 0 saturated carbocycles. The largest absolute Gasteiger partial charge is 0.336 e. The quantitative estimate of drug-likeness (QED) is 0.900. The van der Waals surface area contributed by atoms with Crippen LogP contribution in [-0.2, 0) is 17.8 Å². The average Bonchev–Trinajstić information content (AvgIpc) is 2.36. The van der Waals surface area contributed by atoms with Crippen molar-refractivity contribution in [1.29, 1.82) is 0 Å². The van der Waals surface area contributed by atoms with E-state index in [4.69, 9.17) is 28.9 Å². The molecule has 0 spiro atoms. The number of nitrogens with two attached hydrogens (primary N) is 1. The maximum Gasteiger partial charge on any atom is 0.242 e. The zero-order valence-corrected chi connectivity index (χ0v) is 14.6. The molecule has 1 atom stereocenters. The van der Waals surface area contributed by atoms with Gasteiger partial charge in [0, 0.05) is 23.1 Å². The maximum atomic E-state index is 12.5. The Morgan fingerprint density at radius 2 is 2.10 bits per heavy atom. The Kier molecular flexibility index (Phi) is 6.36. The van der Waals surface area contributed by atoms with E-state index in [9.17, 15) is 4.79 Å². The van der Waals surface area contributed by atoms with Crippen LogP contribution in [0.4, 0.5) is 0 Å². The second kappa shape index (κ2) is 7.19. The van der Waals surface area contributed by atoms with Crippen LogP contribution in [0.5, 0.6) is 0 Å². The predicted molar refractivity (Wildman–Crippen MR) is 90.3 cm³/mol. The molecule has 1 aromatic rings. The summed E-state index contributed by atoms with van der Waals surface area (Å²) in [4.78, 5) is 14.3. The molecule has 1 aliphatic rings. The Morgan fingerprint density at radius 1 is 1.43 bits per heavy atom. The first kappa shape index (κ1) is 18.6. The minimum Gasteiger partial charge on any atom is -0.336 e.